The number of nitrogens with one attached hydrogen (secondary N) is 1. The zero-order chi connectivity index (χ0) is 21.1. The number of ether oxygens (including phenoxy) is 2. The molecule has 0 spiro atoms. The van der Waals surface area contributed by atoms with E-state index in [1.165, 1.54) is 13.2 Å². The number of carbonyl (C=O) groups is 3. The van der Waals surface area contributed by atoms with E-state index in [1.54, 1.807) is 36.4 Å². The van der Waals surface area contributed by atoms with E-state index in [2.05, 4.69) is 27.9 Å². The molecule has 2 aromatic carbocycles. The number of urea groups is 1. The van der Waals surface area contributed by atoms with E-state index in [0.717, 1.165) is 14.0 Å². The normalized spacial score (nSPS) is 15.5. The quantitative estimate of drug-likeness (QED) is 0.380. The van der Waals surface area contributed by atoms with E-state index in [0.29, 0.717) is 29.4 Å². The lowest BCUT2D eigenvalue weighted by atomic mass is 10.1. The van der Waals surface area contributed by atoms with Gasteiger partial charge in [-0.3, -0.25) is 14.9 Å². The zero-order valence-corrected chi connectivity index (χ0v) is 18.3. The molecule has 0 radical (unpaired) electrons. The maximum absolute atomic E-state index is 13.0. The van der Waals surface area contributed by atoms with Gasteiger partial charge in [-0.1, -0.05) is 17.7 Å². The Labute approximate surface area is 181 Å². The van der Waals surface area contributed by atoms with Crippen molar-refractivity contribution in [3.63, 3.8) is 0 Å². The Morgan fingerprint density at radius 3 is 2.45 bits per heavy atom. The number of hydrogen-bond donors (Lipinski definition) is 1. The summed E-state index contributed by atoms with van der Waals surface area (Å²) in [5.74, 6) is -0.356. The molecule has 1 N–H and O–H groups in total. The number of aryl methyl sites for hydroxylation is 1. The summed E-state index contributed by atoms with van der Waals surface area (Å²) in [5.41, 5.74) is 1.80. The number of barbiturate groups is 1. The smallest absolute Gasteiger partial charge is 0.335 e. The molecule has 0 saturated carbocycles. The van der Waals surface area contributed by atoms with Crippen LogP contribution >= 0.6 is 22.6 Å². The molecule has 3 rings (SSSR count). The molecule has 7 nitrogen and oxygen atoms in total. The fraction of sp³-hybridized carbons (Fsp3) is 0.190. The predicted molar refractivity (Wildman–Crippen MR) is 117 cm³/mol. The summed E-state index contributed by atoms with van der Waals surface area (Å²) >= 11 is 2.10. The van der Waals surface area contributed by atoms with Crippen LogP contribution in [0, 0.1) is 10.5 Å². The Hall–Kier alpha value is -2.88. The summed E-state index contributed by atoms with van der Waals surface area (Å²) in [6.45, 7) is 4.24. The van der Waals surface area contributed by atoms with Gasteiger partial charge in [0.2, 0.25) is 0 Å². The van der Waals surface area contributed by atoms with E-state index >= 15 is 0 Å². The maximum atomic E-state index is 13.0. The first-order valence-electron chi connectivity index (χ1n) is 8.84. The van der Waals surface area contributed by atoms with Crippen molar-refractivity contribution in [2.24, 2.45) is 0 Å². The summed E-state index contributed by atoms with van der Waals surface area (Å²) in [6, 6.07) is 9.55. The second-order valence-corrected chi connectivity index (χ2v) is 7.42. The van der Waals surface area contributed by atoms with Crippen LogP contribution in [0.1, 0.15) is 18.1 Å². The summed E-state index contributed by atoms with van der Waals surface area (Å²) in [6.07, 6.45) is 1.44. The summed E-state index contributed by atoms with van der Waals surface area (Å²) in [5, 5.41) is 2.22. The van der Waals surface area contributed by atoms with Gasteiger partial charge in [0, 0.05) is 0 Å². The van der Waals surface area contributed by atoms with Gasteiger partial charge in [0.25, 0.3) is 11.8 Å². The van der Waals surface area contributed by atoms with Crippen molar-refractivity contribution >= 4 is 52.2 Å². The van der Waals surface area contributed by atoms with Crippen molar-refractivity contribution in [2.75, 3.05) is 18.6 Å². The first-order chi connectivity index (χ1) is 13.8. The Morgan fingerprint density at radius 2 is 1.83 bits per heavy atom. The van der Waals surface area contributed by atoms with Crippen LogP contribution in [-0.4, -0.2) is 31.6 Å². The van der Waals surface area contributed by atoms with Crippen molar-refractivity contribution in [1.82, 2.24) is 5.32 Å². The van der Waals surface area contributed by atoms with E-state index in [9.17, 15) is 14.4 Å². The molecule has 0 unspecified atom stereocenters. The SMILES string of the molecule is CCOc1c(I)cc(/C=C2/C(=O)NC(=O)N(c3ccc(C)cc3)C2=O)cc1OC. The lowest BCUT2D eigenvalue weighted by Gasteiger charge is -2.26. The van der Waals surface area contributed by atoms with Gasteiger partial charge >= 0.3 is 6.03 Å². The largest absolute Gasteiger partial charge is 0.493 e. The van der Waals surface area contributed by atoms with Crippen molar-refractivity contribution in [2.45, 2.75) is 13.8 Å². The van der Waals surface area contributed by atoms with Gasteiger partial charge in [-0.25, -0.2) is 9.69 Å². The molecule has 1 aliphatic heterocycles. The fourth-order valence-corrected chi connectivity index (χ4v) is 3.64. The number of anilines is 1. The van der Waals surface area contributed by atoms with Crippen LogP contribution in [0.4, 0.5) is 10.5 Å². The molecule has 29 heavy (non-hydrogen) atoms. The van der Waals surface area contributed by atoms with Gasteiger partial charge in [0.1, 0.15) is 5.57 Å². The number of amides is 4. The van der Waals surface area contributed by atoms with Crippen LogP contribution in [-0.2, 0) is 9.59 Å². The third-order valence-corrected chi connectivity index (χ3v) is 5.05. The third kappa shape index (κ3) is 4.26. The first kappa shape index (κ1) is 20.8. The number of nitrogens with zero attached hydrogens (tertiary/aromatic N) is 1. The highest BCUT2D eigenvalue weighted by Gasteiger charge is 2.36. The minimum absolute atomic E-state index is 0.146. The monoisotopic (exact) mass is 506 g/mol. The molecular weight excluding hydrogens is 487 g/mol. The lowest BCUT2D eigenvalue weighted by Crippen LogP contribution is -2.54. The van der Waals surface area contributed by atoms with Crippen molar-refractivity contribution in [3.05, 3.63) is 56.7 Å². The van der Waals surface area contributed by atoms with Crippen LogP contribution in [0.2, 0.25) is 0 Å². The van der Waals surface area contributed by atoms with Crippen LogP contribution in [0.3, 0.4) is 0 Å². The van der Waals surface area contributed by atoms with Gasteiger partial charge in [0.15, 0.2) is 11.5 Å². The summed E-state index contributed by atoms with van der Waals surface area (Å²) in [7, 11) is 1.51. The molecule has 1 fully saturated rings. The second kappa shape index (κ2) is 8.64. The van der Waals surface area contributed by atoms with E-state index in [1.807, 2.05) is 13.8 Å². The number of carbonyl (C=O) groups excluding carboxylic acids is 3. The number of rotatable bonds is 5. The zero-order valence-electron chi connectivity index (χ0n) is 16.1. The second-order valence-electron chi connectivity index (χ2n) is 6.26. The van der Waals surface area contributed by atoms with E-state index in [-0.39, 0.29) is 5.57 Å². The highest BCUT2D eigenvalue weighted by Crippen LogP contribution is 2.35. The first-order valence-corrected chi connectivity index (χ1v) is 9.92. The van der Waals surface area contributed by atoms with Crippen LogP contribution < -0.4 is 19.7 Å². The Bertz CT molecular complexity index is 1010. The third-order valence-electron chi connectivity index (χ3n) is 4.25. The molecular formula is C21H19IN2O5. The molecule has 8 heteroatoms. The number of imide groups is 2. The highest BCUT2D eigenvalue weighted by molar-refractivity contribution is 14.1. The average Bonchev–Trinajstić information content (AvgIpc) is 2.68. The fourth-order valence-electron chi connectivity index (χ4n) is 2.86. The lowest BCUT2D eigenvalue weighted by molar-refractivity contribution is -0.122. The Morgan fingerprint density at radius 1 is 1.14 bits per heavy atom. The van der Waals surface area contributed by atoms with Gasteiger partial charge in [-0.05, 0) is 72.3 Å². The highest BCUT2D eigenvalue weighted by atomic mass is 127. The van der Waals surface area contributed by atoms with Gasteiger partial charge in [-0.15, -0.1) is 0 Å². The minimum atomic E-state index is -0.778. The van der Waals surface area contributed by atoms with E-state index in [4.69, 9.17) is 9.47 Å². The van der Waals surface area contributed by atoms with Gasteiger partial charge in [0.05, 0.1) is 23.0 Å². The molecule has 0 aliphatic carbocycles. The number of methoxy groups -OCH3 is 1. The molecule has 4 amide bonds. The summed E-state index contributed by atoms with van der Waals surface area (Å²) in [4.78, 5) is 38.5. The van der Waals surface area contributed by atoms with E-state index < -0.39 is 17.8 Å². The Kier molecular flexibility index (Phi) is 6.21. The Balaban J connectivity index is 2.02. The molecule has 2 aromatic rings. The topological polar surface area (TPSA) is 84.9 Å². The number of halogens is 1. The molecule has 1 heterocycles. The van der Waals surface area contributed by atoms with Gasteiger partial charge < -0.3 is 9.47 Å². The minimum Gasteiger partial charge on any atom is -0.493 e. The standard InChI is InChI=1S/C21H19IN2O5/c1-4-29-18-16(22)10-13(11-17(18)28-3)9-15-19(25)23-21(27)24(20(15)26)14-7-5-12(2)6-8-14/h5-11H,4H2,1-3H3,(H,23,25,27)/b15-9-. The molecule has 150 valence electrons. The van der Waals surface area contributed by atoms with Gasteiger partial charge in [-0.2, -0.15) is 0 Å². The number of benzene rings is 2. The molecule has 0 atom stereocenters. The van der Waals surface area contributed by atoms with Crippen molar-refractivity contribution < 1.29 is 23.9 Å². The maximum Gasteiger partial charge on any atom is 0.335 e. The molecule has 1 aliphatic rings. The predicted octanol–water partition coefficient (Wildman–Crippen LogP) is 3.67. The van der Waals surface area contributed by atoms with Crippen LogP contribution in [0.5, 0.6) is 11.5 Å². The average molecular weight is 506 g/mol. The number of hydrogen-bond acceptors (Lipinski definition) is 5. The molecule has 1 saturated heterocycles. The van der Waals surface area contributed by atoms with Crippen LogP contribution in [0.15, 0.2) is 42.0 Å². The van der Waals surface area contributed by atoms with Crippen LogP contribution in [0.25, 0.3) is 6.08 Å². The summed E-state index contributed by atoms with van der Waals surface area (Å²) < 4.78 is 11.7. The molecule has 0 aromatic heterocycles. The van der Waals surface area contributed by atoms with Crippen molar-refractivity contribution in [3.8, 4) is 11.5 Å². The molecule has 0 bridgehead atoms. The van der Waals surface area contributed by atoms with Crippen molar-refractivity contribution in [1.29, 1.82) is 0 Å².